The van der Waals surface area contributed by atoms with Crippen LogP contribution in [-0.4, -0.2) is 49.6 Å². The Kier molecular flexibility index (Phi) is 7.63. The summed E-state index contributed by atoms with van der Waals surface area (Å²) in [6.07, 6.45) is 1.53. The summed E-state index contributed by atoms with van der Waals surface area (Å²) < 4.78 is 27.1. The van der Waals surface area contributed by atoms with E-state index in [0.717, 1.165) is 6.42 Å². The molecule has 0 saturated carbocycles. The Bertz CT molecular complexity index is 307. The van der Waals surface area contributed by atoms with E-state index in [1.54, 1.807) is 14.1 Å². The van der Waals surface area contributed by atoms with Crippen molar-refractivity contribution in [2.24, 2.45) is 5.92 Å². The number of alkyl halides is 1. The largest absolute Gasteiger partial charge is 0.281 e. The second kappa shape index (κ2) is 7.56. The van der Waals surface area contributed by atoms with Crippen LogP contribution in [0.4, 0.5) is 0 Å². The fourth-order valence-corrected chi connectivity index (χ4v) is 3.14. The van der Waals surface area contributed by atoms with Crippen molar-refractivity contribution in [1.82, 2.24) is 8.61 Å². The Morgan fingerprint density at radius 2 is 1.71 bits per heavy atom. The van der Waals surface area contributed by atoms with Gasteiger partial charge in [-0.2, -0.15) is 17.0 Å². The van der Waals surface area contributed by atoms with Gasteiger partial charge in [0.05, 0.1) is 0 Å². The van der Waals surface area contributed by atoms with Crippen LogP contribution in [0.15, 0.2) is 0 Å². The van der Waals surface area contributed by atoms with Crippen LogP contribution in [-0.2, 0) is 10.2 Å². The monoisotopic (exact) mass is 284 g/mol. The fraction of sp³-hybridized carbons (Fsp3) is 1.00. The van der Waals surface area contributed by atoms with Gasteiger partial charge < -0.3 is 0 Å². The molecule has 0 aromatic heterocycles. The molecule has 104 valence electrons. The maximum Gasteiger partial charge on any atom is 0.281 e. The molecule has 1 unspecified atom stereocenters. The quantitative estimate of drug-likeness (QED) is 0.641. The Balaban J connectivity index is 4.58. The average Bonchev–Trinajstić information content (AvgIpc) is 2.23. The molecule has 17 heavy (non-hydrogen) atoms. The van der Waals surface area contributed by atoms with E-state index in [0.29, 0.717) is 24.8 Å². The van der Waals surface area contributed by atoms with Crippen LogP contribution in [0.2, 0.25) is 0 Å². The van der Waals surface area contributed by atoms with E-state index in [2.05, 4.69) is 13.8 Å². The number of hydrogen-bond donors (Lipinski definition) is 0. The minimum Gasteiger partial charge on any atom is -0.195 e. The van der Waals surface area contributed by atoms with Crippen LogP contribution in [0, 0.1) is 5.92 Å². The summed E-state index contributed by atoms with van der Waals surface area (Å²) in [5, 5.41) is 0. The third-order valence-electron chi connectivity index (χ3n) is 2.80. The van der Waals surface area contributed by atoms with Gasteiger partial charge in [-0.05, 0) is 25.7 Å². The lowest BCUT2D eigenvalue weighted by atomic mass is 10.1. The topological polar surface area (TPSA) is 40.6 Å². The molecule has 0 aliphatic carbocycles. The summed E-state index contributed by atoms with van der Waals surface area (Å²) in [7, 11) is -0.112. The molecule has 0 heterocycles. The molecule has 0 aromatic carbocycles. The fourth-order valence-electron chi connectivity index (χ4n) is 1.68. The van der Waals surface area contributed by atoms with Gasteiger partial charge in [-0.1, -0.05) is 13.8 Å². The molecule has 0 spiro atoms. The van der Waals surface area contributed by atoms with E-state index in [-0.39, 0.29) is 6.04 Å². The highest BCUT2D eigenvalue weighted by Crippen LogP contribution is 2.15. The molecule has 0 N–H and O–H groups in total. The molecule has 0 aromatic rings. The van der Waals surface area contributed by atoms with Gasteiger partial charge >= 0.3 is 0 Å². The van der Waals surface area contributed by atoms with Gasteiger partial charge in [0.1, 0.15) is 0 Å². The zero-order chi connectivity index (χ0) is 13.6. The van der Waals surface area contributed by atoms with Gasteiger partial charge in [0.2, 0.25) is 0 Å². The first-order valence-corrected chi connectivity index (χ1v) is 7.91. The lowest BCUT2D eigenvalue weighted by molar-refractivity contribution is 0.311. The maximum absolute atomic E-state index is 12.2. The molecule has 0 amide bonds. The van der Waals surface area contributed by atoms with Crippen LogP contribution < -0.4 is 0 Å². The van der Waals surface area contributed by atoms with E-state index >= 15 is 0 Å². The van der Waals surface area contributed by atoms with Crippen LogP contribution in [0.5, 0.6) is 0 Å². The highest BCUT2D eigenvalue weighted by molar-refractivity contribution is 7.86. The van der Waals surface area contributed by atoms with Crippen LogP contribution >= 0.6 is 11.6 Å². The summed E-state index contributed by atoms with van der Waals surface area (Å²) in [6.45, 7) is 6.58. The van der Waals surface area contributed by atoms with Crippen molar-refractivity contribution in [2.75, 3.05) is 26.5 Å². The number of halogens is 1. The summed E-state index contributed by atoms with van der Waals surface area (Å²) in [6, 6.07) is 0.0125. The van der Waals surface area contributed by atoms with Crippen molar-refractivity contribution in [3.05, 3.63) is 0 Å². The van der Waals surface area contributed by atoms with Gasteiger partial charge in [0, 0.05) is 32.6 Å². The first-order valence-electron chi connectivity index (χ1n) is 5.98. The van der Waals surface area contributed by atoms with E-state index < -0.39 is 10.2 Å². The average molecular weight is 285 g/mol. The first kappa shape index (κ1) is 17.2. The molecule has 0 aliphatic rings. The molecule has 4 nitrogen and oxygen atoms in total. The van der Waals surface area contributed by atoms with Gasteiger partial charge in [0.25, 0.3) is 10.2 Å². The summed E-state index contributed by atoms with van der Waals surface area (Å²) >= 11 is 5.57. The predicted octanol–water partition coefficient (Wildman–Crippen LogP) is 2.16. The zero-order valence-corrected chi connectivity index (χ0v) is 13.1. The normalized spacial score (nSPS) is 14.9. The minimum atomic E-state index is -3.35. The second-order valence-electron chi connectivity index (χ2n) is 4.87. The Morgan fingerprint density at radius 1 is 1.18 bits per heavy atom. The van der Waals surface area contributed by atoms with Crippen LogP contribution in [0.3, 0.4) is 0 Å². The lowest BCUT2D eigenvalue weighted by Crippen LogP contribution is -2.44. The number of rotatable bonds is 8. The highest BCUT2D eigenvalue weighted by atomic mass is 35.5. The van der Waals surface area contributed by atoms with Crippen molar-refractivity contribution in [1.29, 1.82) is 0 Å². The molecular formula is C11H25ClN2O2S. The first-order chi connectivity index (χ1) is 7.73. The van der Waals surface area contributed by atoms with Gasteiger partial charge in [-0.15, -0.1) is 11.6 Å². The van der Waals surface area contributed by atoms with Crippen LogP contribution in [0.1, 0.15) is 33.6 Å². The maximum atomic E-state index is 12.2. The van der Waals surface area contributed by atoms with Crippen LogP contribution in [0.25, 0.3) is 0 Å². The van der Waals surface area contributed by atoms with E-state index in [1.165, 1.54) is 8.61 Å². The summed E-state index contributed by atoms with van der Waals surface area (Å²) in [5.74, 6) is 0.960. The standard InChI is InChI=1S/C11H25ClN2O2S/c1-10(2)9-11(3)14(5)17(15,16)13(4)8-6-7-12/h10-11H,6-9H2,1-5H3. The zero-order valence-electron chi connectivity index (χ0n) is 11.5. The van der Waals surface area contributed by atoms with Crippen molar-refractivity contribution in [3.63, 3.8) is 0 Å². The van der Waals surface area contributed by atoms with E-state index in [9.17, 15) is 8.42 Å². The molecule has 0 saturated heterocycles. The van der Waals surface area contributed by atoms with E-state index in [4.69, 9.17) is 11.6 Å². The summed E-state index contributed by atoms with van der Waals surface area (Å²) in [5.41, 5.74) is 0. The lowest BCUT2D eigenvalue weighted by Gasteiger charge is -2.29. The number of nitrogens with zero attached hydrogens (tertiary/aromatic N) is 2. The predicted molar refractivity (Wildman–Crippen MR) is 73.6 cm³/mol. The minimum absolute atomic E-state index is 0.0125. The Hall–Kier alpha value is 0.160. The third-order valence-corrected chi connectivity index (χ3v) is 5.12. The third kappa shape index (κ3) is 5.55. The van der Waals surface area contributed by atoms with Crippen molar-refractivity contribution >= 4 is 21.8 Å². The molecule has 0 aliphatic heterocycles. The van der Waals surface area contributed by atoms with Gasteiger partial charge in [-0.3, -0.25) is 0 Å². The summed E-state index contributed by atoms with van der Waals surface area (Å²) in [4.78, 5) is 0. The number of hydrogen-bond acceptors (Lipinski definition) is 2. The van der Waals surface area contributed by atoms with Gasteiger partial charge in [0.15, 0.2) is 0 Å². The van der Waals surface area contributed by atoms with Crippen molar-refractivity contribution < 1.29 is 8.42 Å². The smallest absolute Gasteiger partial charge is 0.195 e. The van der Waals surface area contributed by atoms with Crippen molar-refractivity contribution in [2.45, 2.75) is 39.7 Å². The Labute approximate surface area is 111 Å². The molecule has 0 fully saturated rings. The molecule has 0 radical (unpaired) electrons. The highest BCUT2D eigenvalue weighted by Gasteiger charge is 2.27. The van der Waals surface area contributed by atoms with Gasteiger partial charge in [-0.25, -0.2) is 0 Å². The van der Waals surface area contributed by atoms with Crippen molar-refractivity contribution in [3.8, 4) is 0 Å². The molecule has 6 heteroatoms. The Morgan fingerprint density at radius 3 is 2.12 bits per heavy atom. The SMILES string of the molecule is CC(C)CC(C)N(C)S(=O)(=O)N(C)CCCCl. The molecule has 1 atom stereocenters. The molecule has 0 rings (SSSR count). The second-order valence-corrected chi connectivity index (χ2v) is 7.34. The molecular weight excluding hydrogens is 260 g/mol. The van der Waals surface area contributed by atoms with E-state index in [1.807, 2.05) is 6.92 Å². The molecule has 0 bridgehead atoms.